The van der Waals surface area contributed by atoms with Crippen LogP contribution in [0.3, 0.4) is 0 Å². The first-order valence-electron chi connectivity index (χ1n) is 5.07. The van der Waals surface area contributed by atoms with Gasteiger partial charge >= 0.3 is 5.97 Å². The highest BCUT2D eigenvalue weighted by Gasteiger charge is 2.14. The summed E-state index contributed by atoms with van der Waals surface area (Å²) >= 11 is 0. The van der Waals surface area contributed by atoms with Crippen LogP contribution in [0.15, 0.2) is 29.0 Å². The van der Waals surface area contributed by atoms with E-state index < -0.39 is 5.97 Å². The molecular formula is C10H10N4O4. The van der Waals surface area contributed by atoms with Gasteiger partial charge in [-0.2, -0.15) is 0 Å². The molecule has 0 bridgehead atoms. The molecule has 8 nitrogen and oxygen atoms in total. The van der Waals surface area contributed by atoms with E-state index in [2.05, 4.69) is 15.6 Å². The normalized spacial score (nSPS) is 10.2. The first kappa shape index (κ1) is 11.8. The fourth-order valence-electron chi connectivity index (χ4n) is 1.33. The molecule has 0 aliphatic carbocycles. The van der Waals surface area contributed by atoms with Crippen molar-refractivity contribution in [2.24, 2.45) is 0 Å². The maximum atomic E-state index is 11.5. The van der Waals surface area contributed by atoms with Crippen LogP contribution in [0.2, 0.25) is 0 Å². The minimum Gasteiger partial charge on any atom is -0.476 e. The second kappa shape index (κ2) is 5.13. The summed E-state index contributed by atoms with van der Waals surface area (Å²) in [5.41, 5.74) is -0.136. The number of aromatic carboxylic acids is 1. The molecule has 0 saturated carbocycles. The van der Waals surface area contributed by atoms with Gasteiger partial charge in [-0.05, 0) is 12.1 Å². The first-order chi connectivity index (χ1) is 8.66. The predicted octanol–water partition coefficient (Wildman–Crippen LogP) is -0.114. The van der Waals surface area contributed by atoms with Gasteiger partial charge in [0.2, 0.25) is 5.91 Å². The minimum atomic E-state index is -1.18. The quantitative estimate of drug-likeness (QED) is 0.765. The Balaban J connectivity index is 1.91. The lowest BCUT2D eigenvalue weighted by Gasteiger charge is -2.04. The van der Waals surface area contributed by atoms with Crippen molar-refractivity contribution in [2.45, 2.75) is 13.1 Å². The lowest BCUT2D eigenvalue weighted by molar-refractivity contribution is -0.122. The molecule has 18 heavy (non-hydrogen) atoms. The molecule has 0 aromatic carbocycles. The molecule has 2 aromatic heterocycles. The van der Waals surface area contributed by atoms with E-state index in [0.717, 1.165) is 10.9 Å². The van der Waals surface area contributed by atoms with E-state index in [0.29, 0.717) is 5.76 Å². The van der Waals surface area contributed by atoms with Crippen molar-refractivity contribution in [3.05, 3.63) is 36.0 Å². The second-order valence-corrected chi connectivity index (χ2v) is 3.44. The van der Waals surface area contributed by atoms with E-state index in [1.807, 2.05) is 0 Å². The van der Waals surface area contributed by atoms with Crippen LogP contribution in [0.5, 0.6) is 0 Å². The van der Waals surface area contributed by atoms with Crippen LogP contribution in [0.1, 0.15) is 16.2 Å². The molecule has 2 aromatic rings. The van der Waals surface area contributed by atoms with Crippen molar-refractivity contribution in [1.82, 2.24) is 20.3 Å². The van der Waals surface area contributed by atoms with Crippen molar-refractivity contribution in [3.8, 4) is 0 Å². The van der Waals surface area contributed by atoms with Gasteiger partial charge in [-0.1, -0.05) is 5.21 Å². The molecule has 2 N–H and O–H groups in total. The number of hydrogen-bond acceptors (Lipinski definition) is 5. The third kappa shape index (κ3) is 2.73. The molecule has 0 atom stereocenters. The van der Waals surface area contributed by atoms with Gasteiger partial charge in [0, 0.05) is 0 Å². The summed E-state index contributed by atoms with van der Waals surface area (Å²) in [7, 11) is 0. The van der Waals surface area contributed by atoms with E-state index in [1.165, 1.54) is 6.26 Å². The molecule has 94 valence electrons. The highest BCUT2D eigenvalue weighted by molar-refractivity contribution is 5.86. The monoisotopic (exact) mass is 250 g/mol. The van der Waals surface area contributed by atoms with Crippen molar-refractivity contribution in [2.75, 3.05) is 0 Å². The Labute approximate surface area is 101 Å². The average Bonchev–Trinajstić information content (AvgIpc) is 2.96. The van der Waals surface area contributed by atoms with Crippen LogP contribution in [0, 0.1) is 0 Å². The van der Waals surface area contributed by atoms with Gasteiger partial charge in [0.15, 0.2) is 5.69 Å². The number of rotatable bonds is 5. The topological polar surface area (TPSA) is 110 Å². The number of carboxylic acids is 1. The number of carbonyl (C=O) groups is 2. The van der Waals surface area contributed by atoms with E-state index in [-0.39, 0.29) is 24.7 Å². The average molecular weight is 250 g/mol. The Hall–Kier alpha value is -2.64. The second-order valence-electron chi connectivity index (χ2n) is 3.44. The molecule has 0 aliphatic rings. The number of aromatic nitrogens is 3. The first-order valence-corrected chi connectivity index (χ1v) is 5.07. The third-order valence-corrected chi connectivity index (χ3v) is 2.17. The Morgan fingerprint density at radius 1 is 1.50 bits per heavy atom. The van der Waals surface area contributed by atoms with Gasteiger partial charge in [0.25, 0.3) is 0 Å². The number of hydrogen-bond donors (Lipinski definition) is 2. The smallest absolute Gasteiger partial charge is 0.355 e. The largest absolute Gasteiger partial charge is 0.476 e. The molecule has 0 aliphatic heterocycles. The van der Waals surface area contributed by atoms with E-state index in [4.69, 9.17) is 9.52 Å². The van der Waals surface area contributed by atoms with E-state index in [9.17, 15) is 9.59 Å². The lowest BCUT2D eigenvalue weighted by atomic mass is 10.4. The van der Waals surface area contributed by atoms with Crippen LogP contribution in [0.4, 0.5) is 0 Å². The number of furan rings is 1. The summed E-state index contributed by atoms with van der Waals surface area (Å²) in [6.07, 6.45) is 2.59. The summed E-state index contributed by atoms with van der Waals surface area (Å²) in [4.78, 5) is 22.3. The van der Waals surface area contributed by atoms with Crippen molar-refractivity contribution in [1.29, 1.82) is 0 Å². The number of nitrogens with zero attached hydrogens (tertiary/aromatic N) is 3. The summed E-state index contributed by atoms with van der Waals surface area (Å²) in [5.74, 6) is -0.946. The van der Waals surface area contributed by atoms with Crippen LogP contribution >= 0.6 is 0 Å². The zero-order valence-electron chi connectivity index (χ0n) is 9.24. The third-order valence-electron chi connectivity index (χ3n) is 2.17. The molecule has 8 heteroatoms. The highest BCUT2D eigenvalue weighted by Crippen LogP contribution is 1.99. The Bertz CT molecular complexity index is 546. The molecule has 2 heterocycles. The molecular weight excluding hydrogens is 240 g/mol. The van der Waals surface area contributed by atoms with Gasteiger partial charge in [0.05, 0.1) is 19.0 Å². The molecule has 0 unspecified atom stereocenters. The fraction of sp³-hybridized carbons (Fsp3) is 0.200. The predicted molar refractivity (Wildman–Crippen MR) is 57.5 cm³/mol. The van der Waals surface area contributed by atoms with Gasteiger partial charge in [0.1, 0.15) is 12.3 Å². The molecule has 0 spiro atoms. The Morgan fingerprint density at radius 2 is 2.33 bits per heavy atom. The standard InChI is InChI=1S/C10H10N4O4/c15-9(11-4-7-2-1-3-18-7)6-14-8(10(16)17)5-12-13-14/h1-3,5H,4,6H2,(H,11,15)(H,16,17). The number of nitrogens with one attached hydrogen (secondary N) is 1. The summed E-state index contributed by atoms with van der Waals surface area (Å²) in [6, 6.07) is 3.43. The van der Waals surface area contributed by atoms with Gasteiger partial charge in [-0.15, -0.1) is 5.10 Å². The van der Waals surface area contributed by atoms with Crippen molar-refractivity contribution < 1.29 is 19.1 Å². The highest BCUT2D eigenvalue weighted by atomic mass is 16.4. The number of carboxylic acid groups (broad SMARTS) is 1. The zero-order valence-corrected chi connectivity index (χ0v) is 9.24. The summed E-state index contributed by atoms with van der Waals surface area (Å²) in [6.45, 7) is 0.0330. The van der Waals surface area contributed by atoms with Crippen molar-refractivity contribution >= 4 is 11.9 Å². The van der Waals surface area contributed by atoms with E-state index in [1.54, 1.807) is 12.1 Å². The van der Waals surface area contributed by atoms with Crippen LogP contribution in [0.25, 0.3) is 0 Å². The molecule has 0 saturated heterocycles. The zero-order chi connectivity index (χ0) is 13.0. The Kier molecular flexibility index (Phi) is 3.37. The van der Waals surface area contributed by atoms with Gasteiger partial charge < -0.3 is 14.8 Å². The number of carbonyl (C=O) groups excluding carboxylic acids is 1. The number of amides is 1. The fourth-order valence-corrected chi connectivity index (χ4v) is 1.33. The SMILES string of the molecule is O=C(Cn1nncc1C(=O)O)NCc1ccco1. The maximum absolute atomic E-state index is 11.5. The Morgan fingerprint density at radius 3 is 3.00 bits per heavy atom. The minimum absolute atomic E-state index is 0.136. The van der Waals surface area contributed by atoms with Crippen molar-refractivity contribution in [3.63, 3.8) is 0 Å². The van der Waals surface area contributed by atoms with Crippen LogP contribution < -0.4 is 5.32 Å². The van der Waals surface area contributed by atoms with Gasteiger partial charge in [-0.3, -0.25) is 4.79 Å². The molecule has 0 radical (unpaired) electrons. The lowest BCUT2D eigenvalue weighted by Crippen LogP contribution is -2.28. The summed E-state index contributed by atoms with van der Waals surface area (Å²) in [5, 5.41) is 18.3. The molecule has 0 fully saturated rings. The van der Waals surface area contributed by atoms with Crippen LogP contribution in [-0.4, -0.2) is 32.0 Å². The molecule has 1 amide bonds. The van der Waals surface area contributed by atoms with Crippen LogP contribution in [-0.2, 0) is 17.9 Å². The maximum Gasteiger partial charge on any atom is 0.355 e. The summed E-state index contributed by atoms with van der Waals surface area (Å²) < 4.78 is 6.05. The van der Waals surface area contributed by atoms with Gasteiger partial charge in [-0.25, -0.2) is 9.48 Å². The van der Waals surface area contributed by atoms with E-state index >= 15 is 0 Å². The molecule has 2 rings (SSSR count).